The molecule has 1 aromatic rings. The average molecular weight is 467 g/mol. The second-order valence-corrected chi connectivity index (χ2v) is 10.3. The molecule has 5 rings (SSSR count). The molecule has 2 saturated carbocycles. The topological polar surface area (TPSA) is 102 Å². The summed E-state index contributed by atoms with van der Waals surface area (Å²) in [4.78, 5) is 26.8. The summed E-state index contributed by atoms with van der Waals surface area (Å²) >= 11 is 0. The van der Waals surface area contributed by atoms with Crippen LogP contribution in [0.15, 0.2) is 18.2 Å². The molecular weight excluding hydrogens is 439 g/mol. The molecule has 0 bridgehead atoms. The fourth-order valence-corrected chi connectivity index (χ4v) is 7.18. The summed E-state index contributed by atoms with van der Waals surface area (Å²) in [5, 5.41) is 27.6. The van der Waals surface area contributed by atoms with Gasteiger partial charge in [0.15, 0.2) is 0 Å². The van der Waals surface area contributed by atoms with Crippen LogP contribution in [-0.2, 0) is 10.2 Å². The van der Waals surface area contributed by atoms with E-state index in [0.29, 0.717) is 13.0 Å². The molecule has 5 atom stereocenters. The zero-order chi connectivity index (χ0) is 23.8. The van der Waals surface area contributed by atoms with E-state index in [1.807, 2.05) is 11.8 Å². The summed E-state index contributed by atoms with van der Waals surface area (Å²) in [5.41, 5.74) is -1.82. The van der Waals surface area contributed by atoms with E-state index in [9.17, 15) is 33.0 Å². The molecule has 0 aromatic heterocycles. The summed E-state index contributed by atoms with van der Waals surface area (Å²) < 4.78 is 38.0. The Morgan fingerprint density at radius 3 is 2.67 bits per heavy atom. The maximum absolute atomic E-state index is 12.8. The Morgan fingerprint density at radius 1 is 1.24 bits per heavy atom. The number of hydrogen-bond acceptors (Lipinski definition) is 5. The number of fused-ring (bicyclic) bond motifs is 3. The molecule has 10 heteroatoms. The first-order chi connectivity index (χ1) is 15.4. The van der Waals surface area contributed by atoms with Gasteiger partial charge in [-0.1, -0.05) is 6.07 Å². The molecule has 33 heavy (non-hydrogen) atoms. The Bertz CT molecular complexity index is 1020. The van der Waals surface area contributed by atoms with Gasteiger partial charge in [-0.3, -0.25) is 15.0 Å². The SMILES string of the molecule is Cc1ccc(O)cc1C12CC3CN(CCCC(F)(F)F)C3C1(O)CCC1(C2)NC(=O)NC1=O. The van der Waals surface area contributed by atoms with Gasteiger partial charge in [0, 0.05) is 24.4 Å². The number of hydrogen-bond donors (Lipinski definition) is 4. The molecule has 4 N–H and O–H groups in total. The first-order valence-electron chi connectivity index (χ1n) is 11.4. The number of carbonyl (C=O) groups excluding carboxylic acids is 2. The van der Waals surface area contributed by atoms with Gasteiger partial charge in [0.05, 0.1) is 5.60 Å². The van der Waals surface area contributed by atoms with E-state index < -0.39 is 41.1 Å². The molecule has 2 aliphatic heterocycles. The molecule has 3 amide bonds. The van der Waals surface area contributed by atoms with Crippen LogP contribution >= 0.6 is 0 Å². The number of phenolic OH excluding ortho intramolecular Hbond substituents is 1. The van der Waals surface area contributed by atoms with Crippen LogP contribution in [0.5, 0.6) is 5.75 Å². The second kappa shape index (κ2) is 7.09. The van der Waals surface area contributed by atoms with E-state index in [0.717, 1.165) is 11.1 Å². The van der Waals surface area contributed by atoms with Crippen molar-refractivity contribution in [3.63, 3.8) is 0 Å². The van der Waals surface area contributed by atoms with E-state index in [2.05, 4.69) is 10.6 Å². The van der Waals surface area contributed by atoms with Gasteiger partial charge in [-0.15, -0.1) is 0 Å². The van der Waals surface area contributed by atoms with E-state index in [-0.39, 0.29) is 49.9 Å². The lowest BCUT2D eigenvalue weighted by Crippen LogP contribution is -2.70. The summed E-state index contributed by atoms with van der Waals surface area (Å²) in [5.74, 6) is -0.334. The standard InChI is InChI=1S/C23H28F3N3O4/c1-13-3-4-15(30)9-16(13)20-10-14-11-29(8-2-5-23(24,25)26)17(14)22(20,33)7-6-21(12-20)18(31)27-19(32)28-21/h3-4,9,14,17,30,33H,2,5-8,10-12H2,1H3,(H2,27,28,31,32). The van der Waals surface area contributed by atoms with Crippen LogP contribution in [0.25, 0.3) is 0 Å². The zero-order valence-electron chi connectivity index (χ0n) is 18.3. The number of aromatic hydroxyl groups is 1. The normalized spacial score (nSPS) is 38.0. The Labute approximate surface area is 189 Å². The number of phenols is 1. The van der Waals surface area contributed by atoms with Crippen LogP contribution in [0.3, 0.4) is 0 Å². The highest BCUT2D eigenvalue weighted by Crippen LogP contribution is 2.65. The highest BCUT2D eigenvalue weighted by atomic mass is 19.4. The van der Waals surface area contributed by atoms with Gasteiger partial charge in [0.25, 0.3) is 5.91 Å². The lowest BCUT2D eigenvalue weighted by Gasteiger charge is -2.57. The number of halogens is 3. The highest BCUT2D eigenvalue weighted by Gasteiger charge is 2.73. The fourth-order valence-electron chi connectivity index (χ4n) is 7.18. The third-order valence-corrected chi connectivity index (χ3v) is 8.43. The predicted octanol–water partition coefficient (Wildman–Crippen LogP) is 2.48. The number of amides is 3. The van der Waals surface area contributed by atoms with Crippen molar-refractivity contribution >= 4 is 11.9 Å². The quantitative estimate of drug-likeness (QED) is 0.510. The number of rotatable bonds is 4. The van der Waals surface area contributed by atoms with Crippen LogP contribution in [0, 0.1) is 12.8 Å². The van der Waals surface area contributed by atoms with Crippen molar-refractivity contribution in [3.8, 4) is 5.75 Å². The van der Waals surface area contributed by atoms with Gasteiger partial charge in [0.2, 0.25) is 0 Å². The summed E-state index contributed by atoms with van der Waals surface area (Å²) in [6, 6.07) is 4.04. The molecule has 2 heterocycles. The van der Waals surface area contributed by atoms with Gasteiger partial charge >= 0.3 is 12.2 Å². The summed E-state index contributed by atoms with van der Waals surface area (Å²) in [6.45, 7) is 2.69. The largest absolute Gasteiger partial charge is 0.508 e. The Balaban J connectivity index is 1.53. The van der Waals surface area contributed by atoms with Crippen LogP contribution in [0.1, 0.15) is 49.7 Å². The Hall–Kier alpha value is -2.33. The molecule has 2 aliphatic carbocycles. The number of likely N-dealkylation sites (tertiary alicyclic amines) is 1. The molecule has 4 aliphatic rings. The van der Waals surface area contributed by atoms with Crippen LogP contribution in [0.4, 0.5) is 18.0 Å². The maximum atomic E-state index is 12.8. The van der Waals surface area contributed by atoms with Crippen LogP contribution in [-0.4, -0.2) is 63.5 Å². The smallest absolute Gasteiger partial charge is 0.389 e. The summed E-state index contributed by atoms with van der Waals surface area (Å²) in [6.07, 6.45) is -3.98. The minimum absolute atomic E-state index is 0.0353. The third kappa shape index (κ3) is 3.24. The van der Waals surface area contributed by atoms with Gasteiger partial charge in [-0.2, -0.15) is 13.2 Å². The van der Waals surface area contributed by atoms with Crippen molar-refractivity contribution in [2.24, 2.45) is 5.92 Å². The lowest BCUT2D eigenvalue weighted by atomic mass is 9.55. The van der Waals surface area contributed by atoms with Crippen molar-refractivity contribution in [1.82, 2.24) is 15.5 Å². The number of alkyl halides is 3. The minimum Gasteiger partial charge on any atom is -0.508 e. The van der Waals surface area contributed by atoms with Crippen molar-refractivity contribution in [3.05, 3.63) is 29.3 Å². The number of imide groups is 1. The predicted molar refractivity (Wildman–Crippen MR) is 111 cm³/mol. The van der Waals surface area contributed by atoms with Crippen molar-refractivity contribution < 1.29 is 33.0 Å². The fraction of sp³-hybridized carbons (Fsp3) is 0.652. The minimum atomic E-state index is -4.22. The number of benzene rings is 1. The number of nitrogens with zero attached hydrogens (tertiary/aromatic N) is 1. The molecule has 180 valence electrons. The number of aryl methyl sites for hydroxylation is 1. The molecule has 1 aromatic carbocycles. The monoisotopic (exact) mass is 467 g/mol. The number of aliphatic hydroxyl groups is 1. The third-order valence-electron chi connectivity index (χ3n) is 8.43. The number of carbonyl (C=O) groups is 2. The molecule has 1 spiro atoms. The Kier molecular flexibility index (Phi) is 4.82. The van der Waals surface area contributed by atoms with Gasteiger partial charge < -0.3 is 15.5 Å². The van der Waals surface area contributed by atoms with E-state index in [1.54, 1.807) is 18.2 Å². The van der Waals surface area contributed by atoms with Crippen molar-refractivity contribution in [2.45, 2.75) is 74.2 Å². The van der Waals surface area contributed by atoms with Crippen LogP contribution < -0.4 is 10.6 Å². The summed E-state index contributed by atoms with van der Waals surface area (Å²) in [7, 11) is 0. The second-order valence-electron chi connectivity index (χ2n) is 10.3. The molecule has 7 nitrogen and oxygen atoms in total. The average Bonchev–Trinajstić information content (AvgIpc) is 3.07. The van der Waals surface area contributed by atoms with Crippen molar-refractivity contribution in [2.75, 3.05) is 13.1 Å². The molecule has 5 unspecified atom stereocenters. The van der Waals surface area contributed by atoms with Gasteiger partial charge in [-0.05, 0) is 74.8 Å². The van der Waals surface area contributed by atoms with Gasteiger partial charge in [0.1, 0.15) is 11.3 Å². The Morgan fingerprint density at radius 2 is 2.00 bits per heavy atom. The zero-order valence-corrected chi connectivity index (χ0v) is 18.3. The van der Waals surface area contributed by atoms with E-state index in [1.165, 1.54) is 0 Å². The van der Waals surface area contributed by atoms with Crippen molar-refractivity contribution in [1.29, 1.82) is 0 Å². The molecule has 0 radical (unpaired) electrons. The molecule has 4 fully saturated rings. The van der Waals surface area contributed by atoms with Gasteiger partial charge in [-0.25, -0.2) is 4.79 Å². The highest BCUT2D eigenvalue weighted by molar-refractivity contribution is 6.07. The first kappa shape index (κ1) is 22.5. The number of urea groups is 1. The van der Waals surface area contributed by atoms with E-state index >= 15 is 0 Å². The number of nitrogens with one attached hydrogen (secondary N) is 2. The molecule has 2 saturated heterocycles. The maximum Gasteiger partial charge on any atom is 0.389 e. The molecular formula is C23H28F3N3O4. The van der Waals surface area contributed by atoms with Crippen LogP contribution in [0.2, 0.25) is 0 Å². The first-order valence-corrected chi connectivity index (χ1v) is 11.4. The van der Waals surface area contributed by atoms with E-state index in [4.69, 9.17) is 0 Å². The lowest BCUT2D eigenvalue weighted by molar-refractivity contribution is -0.153.